The van der Waals surface area contributed by atoms with Crippen LogP contribution in [0.5, 0.6) is 0 Å². The van der Waals surface area contributed by atoms with E-state index in [0.29, 0.717) is 43.0 Å². The van der Waals surface area contributed by atoms with E-state index in [4.69, 9.17) is 4.74 Å². The van der Waals surface area contributed by atoms with E-state index in [1.165, 1.54) is 12.1 Å². The second-order valence-electron chi connectivity index (χ2n) is 10.9. The van der Waals surface area contributed by atoms with Gasteiger partial charge in [0.05, 0.1) is 11.0 Å². The molecule has 4 rings (SSSR count). The molecular weight excluding hydrogens is 457 g/mol. The number of fused-ring (bicyclic) bond motifs is 1. The Labute approximate surface area is 206 Å². The van der Waals surface area contributed by atoms with Crippen molar-refractivity contribution in [2.45, 2.75) is 90.0 Å². The number of hydrogen-bond donors (Lipinski definition) is 2. The normalized spacial score (nSPS) is 25.8. The Morgan fingerprint density at radius 3 is 2.63 bits per heavy atom. The minimum atomic E-state index is -4.44. The molecule has 3 aliphatic rings. The molecule has 1 amide bonds. The van der Waals surface area contributed by atoms with Crippen LogP contribution in [0.15, 0.2) is 12.1 Å². The largest absolute Gasteiger partial charge is 0.416 e. The molecule has 0 spiro atoms. The van der Waals surface area contributed by atoms with Crippen LogP contribution in [-0.4, -0.2) is 54.4 Å². The summed E-state index contributed by atoms with van der Waals surface area (Å²) in [5.74, 6) is 0.239. The smallest absolute Gasteiger partial charge is 0.396 e. The first-order valence-corrected chi connectivity index (χ1v) is 13.1. The fourth-order valence-corrected chi connectivity index (χ4v) is 6.32. The number of halogens is 3. The molecule has 0 aromatic heterocycles. The van der Waals surface area contributed by atoms with Crippen LogP contribution in [0.25, 0.3) is 0 Å². The van der Waals surface area contributed by atoms with E-state index in [9.17, 15) is 23.1 Å². The predicted octanol–water partition coefficient (Wildman–Crippen LogP) is 4.48. The zero-order valence-corrected chi connectivity index (χ0v) is 20.9. The van der Waals surface area contributed by atoms with Gasteiger partial charge in [-0.25, -0.2) is 0 Å². The van der Waals surface area contributed by atoms with E-state index in [2.05, 4.69) is 19.2 Å². The monoisotopic (exact) mass is 496 g/mol. The Bertz CT molecular complexity index is 898. The van der Waals surface area contributed by atoms with Crippen molar-refractivity contribution in [3.05, 3.63) is 34.4 Å². The number of ether oxygens (including phenoxy) is 1. The van der Waals surface area contributed by atoms with Gasteiger partial charge in [-0.2, -0.15) is 13.2 Å². The summed E-state index contributed by atoms with van der Waals surface area (Å²) in [4.78, 5) is 15.8. The van der Waals surface area contributed by atoms with Crippen molar-refractivity contribution in [3.8, 4) is 0 Å². The van der Waals surface area contributed by atoms with E-state index in [1.54, 1.807) is 4.90 Å². The van der Waals surface area contributed by atoms with Crippen LogP contribution < -0.4 is 5.32 Å². The first-order valence-electron chi connectivity index (χ1n) is 13.1. The van der Waals surface area contributed by atoms with Gasteiger partial charge < -0.3 is 20.1 Å². The molecular formula is C27H39F3N2O3. The molecule has 2 atom stereocenters. The summed E-state index contributed by atoms with van der Waals surface area (Å²) in [5.41, 5.74) is 1.01. The van der Waals surface area contributed by atoms with Gasteiger partial charge in [-0.05, 0) is 86.1 Å². The number of alkyl halides is 3. The quantitative estimate of drug-likeness (QED) is 0.585. The lowest BCUT2D eigenvalue weighted by molar-refractivity contribution is -0.145. The lowest BCUT2D eigenvalue weighted by Gasteiger charge is -2.40. The Hall–Kier alpha value is -1.64. The average Bonchev–Trinajstić information content (AvgIpc) is 3.26. The third-order valence-electron chi connectivity index (χ3n) is 8.42. The van der Waals surface area contributed by atoms with Crippen molar-refractivity contribution in [1.82, 2.24) is 10.2 Å². The van der Waals surface area contributed by atoms with Crippen LogP contribution in [0.4, 0.5) is 13.2 Å². The van der Waals surface area contributed by atoms with E-state index in [-0.39, 0.29) is 31.0 Å². The molecule has 35 heavy (non-hydrogen) atoms. The van der Waals surface area contributed by atoms with Crippen molar-refractivity contribution in [3.63, 3.8) is 0 Å². The molecule has 196 valence electrons. The topological polar surface area (TPSA) is 61.8 Å². The van der Waals surface area contributed by atoms with E-state index in [1.807, 2.05) is 0 Å². The Morgan fingerprint density at radius 1 is 1.23 bits per heavy atom. The average molecular weight is 497 g/mol. The molecule has 0 bridgehead atoms. The van der Waals surface area contributed by atoms with E-state index >= 15 is 0 Å². The first-order chi connectivity index (χ1) is 16.6. The third-order valence-corrected chi connectivity index (χ3v) is 8.42. The van der Waals surface area contributed by atoms with Gasteiger partial charge in [0.2, 0.25) is 5.91 Å². The summed E-state index contributed by atoms with van der Waals surface area (Å²) in [6, 6.07) is 3.16. The van der Waals surface area contributed by atoms with Crippen LogP contribution in [0, 0.1) is 11.3 Å². The maximum Gasteiger partial charge on any atom is 0.416 e. The number of nitrogens with one attached hydrogen (secondary N) is 1. The van der Waals surface area contributed by atoms with Gasteiger partial charge in [-0.3, -0.25) is 4.79 Å². The molecule has 1 aromatic carbocycles. The number of amides is 1. The summed E-state index contributed by atoms with van der Waals surface area (Å²) in [6.07, 6.45) is 1.44. The Kier molecular flexibility index (Phi) is 8.13. The summed E-state index contributed by atoms with van der Waals surface area (Å²) in [6.45, 7) is 6.42. The molecule has 5 nitrogen and oxygen atoms in total. The summed E-state index contributed by atoms with van der Waals surface area (Å²) in [5, 5.41) is 13.0. The molecule has 2 aliphatic heterocycles. The molecule has 1 aliphatic carbocycles. The second kappa shape index (κ2) is 10.8. The highest BCUT2D eigenvalue weighted by atomic mass is 19.4. The van der Waals surface area contributed by atoms with Crippen LogP contribution in [0.2, 0.25) is 0 Å². The van der Waals surface area contributed by atoms with Gasteiger partial charge >= 0.3 is 6.18 Å². The van der Waals surface area contributed by atoms with Crippen LogP contribution >= 0.6 is 0 Å². The van der Waals surface area contributed by atoms with Crippen LogP contribution in [0.1, 0.15) is 74.6 Å². The number of carbonyl (C=O) groups excluding carboxylic acids is 1. The van der Waals surface area contributed by atoms with E-state index < -0.39 is 17.2 Å². The molecule has 1 aromatic rings. The van der Waals surface area contributed by atoms with E-state index in [0.717, 1.165) is 50.9 Å². The Morgan fingerprint density at radius 2 is 1.97 bits per heavy atom. The lowest BCUT2D eigenvalue weighted by Crippen LogP contribution is -2.49. The summed E-state index contributed by atoms with van der Waals surface area (Å²) >= 11 is 0. The van der Waals surface area contributed by atoms with Gasteiger partial charge in [0, 0.05) is 45.0 Å². The zero-order chi connectivity index (χ0) is 25.2. The van der Waals surface area contributed by atoms with Gasteiger partial charge in [0.15, 0.2) is 0 Å². The maximum absolute atomic E-state index is 14.0. The van der Waals surface area contributed by atoms with Gasteiger partial charge in [0.1, 0.15) is 0 Å². The highest BCUT2D eigenvalue weighted by molar-refractivity contribution is 5.84. The van der Waals surface area contributed by atoms with Crippen molar-refractivity contribution < 1.29 is 27.8 Å². The Balaban J connectivity index is 1.53. The van der Waals surface area contributed by atoms with Gasteiger partial charge in [-0.15, -0.1) is 0 Å². The highest BCUT2D eigenvalue weighted by Gasteiger charge is 2.50. The summed E-state index contributed by atoms with van der Waals surface area (Å²) in [7, 11) is 0. The minimum absolute atomic E-state index is 0.0599. The molecule has 1 saturated heterocycles. The first kappa shape index (κ1) is 26.4. The van der Waals surface area contributed by atoms with Crippen molar-refractivity contribution in [1.29, 1.82) is 0 Å². The standard InChI is InChI=1S/C27H39F3N2O3/c1-18(2)26(9-5-23(16-26)31-22-7-12-35-13-8-22)25(34)32-10-6-24-19(4-3-11-33)14-21(27(28,29)30)15-20(24)17-32/h14-15,18,22-23,31,33H,3-13,16-17H2,1-2H3/t23-,26+/m1/s1. The number of benzene rings is 1. The summed E-state index contributed by atoms with van der Waals surface area (Å²) < 4.78 is 46.3. The SMILES string of the molecule is CC(C)[C@]1(C(=O)N2CCc3c(CCCO)cc(C(F)(F)F)cc3C2)CC[C@@H](NC2CCOCC2)C1. The molecule has 2 N–H and O–H groups in total. The second-order valence-corrected chi connectivity index (χ2v) is 10.9. The maximum atomic E-state index is 14.0. The highest BCUT2D eigenvalue weighted by Crippen LogP contribution is 2.47. The zero-order valence-electron chi connectivity index (χ0n) is 20.9. The number of carbonyl (C=O) groups is 1. The predicted molar refractivity (Wildman–Crippen MR) is 128 cm³/mol. The fraction of sp³-hybridized carbons (Fsp3) is 0.741. The number of rotatable bonds is 7. The molecule has 2 fully saturated rings. The number of hydrogen-bond acceptors (Lipinski definition) is 4. The molecule has 0 unspecified atom stereocenters. The van der Waals surface area contributed by atoms with Crippen molar-refractivity contribution in [2.75, 3.05) is 26.4 Å². The van der Waals surface area contributed by atoms with Gasteiger partial charge in [0.25, 0.3) is 0 Å². The number of aryl methyl sites for hydroxylation is 1. The number of aliphatic hydroxyl groups excluding tert-OH is 1. The van der Waals surface area contributed by atoms with Crippen molar-refractivity contribution in [2.24, 2.45) is 11.3 Å². The lowest BCUT2D eigenvalue weighted by atomic mass is 9.73. The fourth-order valence-electron chi connectivity index (χ4n) is 6.32. The van der Waals surface area contributed by atoms with Crippen LogP contribution in [0.3, 0.4) is 0 Å². The third kappa shape index (κ3) is 5.70. The molecule has 1 saturated carbocycles. The molecule has 2 heterocycles. The molecule has 8 heteroatoms. The number of aliphatic hydroxyl groups is 1. The van der Waals surface area contributed by atoms with Gasteiger partial charge in [-0.1, -0.05) is 13.8 Å². The van der Waals surface area contributed by atoms with Crippen LogP contribution in [-0.2, 0) is 35.1 Å². The molecule has 0 radical (unpaired) electrons. The van der Waals surface area contributed by atoms with Crippen molar-refractivity contribution >= 4 is 5.91 Å². The minimum Gasteiger partial charge on any atom is -0.396 e. The number of nitrogens with zero attached hydrogens (tertiary/aromatic N) is 1.